The standard InChI is InChI=1S/C30H35N2.C28H31N2.C26H29N2.2C25H27N2/c1-21-28(23-12-8-5-9-13-23)19-25(22-10-6-4-7-11-22)20-29(21)30-27-15-14-26(31-2)18-24(27)16-17-32(30)3;1-19-26(21-10-6-7-11-21)17-23(20-8-4-5-9-20)18-27(19)28-25-13-12-24(29-2)16-22(25)14-15-30(28)3;1-17-13-21(20-9-7-6-8-10-20)16-25(19(17)3)26-24-12-11-23(27-4)15-22(24)14-18(2)28(26)5;1-16-12-20(19-8-6-7-9-19)15-24(18(16)3)25-23-11-10-22(26-4)14-21(23)13-17(2)27(25)5;1-17-10-11-20(19-8-6-5-7-9-19)16-24(17)25-23-13-12-22(26-3)15-21(23)14-18(2)27(25)4/h14-20,22-23H,4-13H2,1,3H3;12-18,20-21H,4-11H2,1,3H3;11-16,20H,6-10H2,1-3,5H3;10-15,19H,6-9H2,1-3,5H3;10-16,19H,5-9H2,1-2,4H3/q5*+1/i16D,17D;14D,15D;14D;13D;14D. The van der Waals surface area contributed by atoms with Crippen LogP contribution in [-0.4, -0.2) is 0 Å². The van der Waals surface area contributed by atoms with Crippen molar-refractivity contribution in [3.8, 4) is 56.3 Å². The second-order valence-electron chi connectivity index (χ2n) is 43.3. The van der Waals surface area contributed by atoms with Crippen LogP contribution in [0.15, 0.2) is 200 Å². The van der Waals surface area contributed by atoms with E-state index in [1.54, 1.807) is 12.1 Å². The topological polar surface area (TPSA) is 41.2 Å². The van der Waals surface area contributed by atoms with E-state index in [4.69, 9.17) is 42.5 Å². The van der Waals surface area contributed by atoms with E-state index in [1.165, 1.54) is 311 Å². The number of hydrogen-bond donors (Lipinski definition) is 0. The Morgan fingerprint density at radius 2 is 0.479 bits per heavy atom. The van der Waals surface area contributed by atoms with Crippen molar-refractivity contribution in [2.45, 2.75) is 316 Å². The van der Waals surface area contributed by atoms with Gasteiger partial charge in [-0.2, -0.15) is 13.7 Å². The molecule has 0 saturated heterocycles. The quantitative estimate of drug-likeness (QED) is 0.0864. The summed E-state index contributed by atoms with van der Waals surface area (Å²) in [7, 11) is 10.0. The minimum Gasteiger partial charge on any atom is -0.238 e. The molecule has 7 aliphatic carbocycles. The van der Waals surface area contributed by atoms with Crippen LogP contribution in [-0.2, 0) is 35.2 Å². The number of rotatable bonds is 12. The molecular weight excluding hydrogens is 1750 g/mol. The van der Waals surface area contributed by atoms with Crippen molar-refractivity contribution >= 4 is 82.3 Å². The van der Waals surface area contributed by atoms with Gasteiger partial charge in [0.05, 0.1) is 88.9 Å². The molecule has 10 aromatic carbocycles. The maximum absolute atomic E-state index is 8.71. The first kappa shape index (κ1) is 91.9. The number of hydrogen-bond acceptors (Lipinski definition) is 0. The maximum atomic E-state index is 8.71. The Morgan fingerprint density at radius 3 is 0.778 bits per heavy atom. The highest BCUT2D eigenvalue weighted by atomic mass is 15.0. The molecule has 0 unspecified atom stereocenters. The van der Waals surface area contributed by atoms with Gasteiger partial charge in [0.1, 0.15) is 38.0 Å². The predicted molar refractivity (Wildman–Crippen MR) is 598 cm³/mol. The molecular formula is C134H149N10+5. The first-order valence-corrected chi connectivity index (χ1v) is 54.0. The fourth-order valence-electron chi connectivity index (χ4n) is 25.5. The van der Waals surface area contributed by atoms with Crippen LogP contribution in [0.2, 0.25) is 0 Å². The summed E-state index contributed by atoms with van der Waals surface area (Å²) >= 11 is 0. The molecule has 7 saturated carbocycles. The van der Waals surface area contributed by atoms with Gasteiger partial charge in [-0.05, 0) is 345 Å². The highest BCUT2D eigenvalue weighted by Gasteiger charge is 2.34. The summed E-state index contributed by atoms with van der Waals surface area (Å²) in [4.78, 5) is 17.9. The lowest BCUT2D eigenvalue weighted by molar-refractivity contribution is -0.665. The van der Waals surface area contributed by atoms with Crippen molar-refractivity contribution in [3.63, 3.8) is 0 Å². The van der Waals surface area contributed by atoms with Gasteiger partial charge in [0, 0.05) is 56.5 Å². The van der Waals surface area contributed by atoms with Crippen LogP contribution in [0.25, 0.3) is 134 Å². The lowest BCUT2D eigenvalue weighted by Crippen LogP contribution is -2.35. The normalized spacial score (nSPS) is 16.8. The van der Waals surface area contributed by atoms with Crippen LogP contribution in [0.3, 0.4) is 0 Å². The molecule has 7 fully saturated rings. The molecule has 22 rings (SSSR count). The van der Waals surface area contributed by atoms with Crippen LogP contribution in [0.5, 0.6) is 0 Å². The summed E-state index contributed by atoms with van der Waals surface area (Å²) in [5.41, 5.74) is 36.7. The summed E-state index contributed by atoms with van der Waals surface area (Å²) in [5.74, 6) is 4.48. The molecule has 15 aromatic rings. The summed E-state index contributed by atoms with van der Waals surface area (Å²) in [5, 5.41) is 9.08. The molecule has 0 aliphatic heterocycles. The van der Waals surface area contributed by atoms with Crippen LogP contribution in [0, 0.1) is 102 Å². The number of benzene rings is 10. The zero-order chi connectivity index (χ0) is 107. The maximum Gasteiger partial charge on any atom is 0.220 e. The van der Waals surface area contributed by atoms with Crippen molar-refractivity contribution in [1.82, 2.24) is 0 Å². The molecule has 5 heterocycles. The molecule has 10 nitrogen and oxygen atoms in total. The van der Waals surface area contributed by atoms with Crippen molar-refractivity contribution in [1.29, 1.82) is 0 Å². The molecule has 0 atom stereocenters. The van der Waals surface area contributed by atoms with Crippen LogP contribution >= 0.6 is 0 Å². The van der Waals surface area contributed by atoms with Gasteiger partial charge < -0.3 is 0 Å². The predicted octanol–water partition coefficient (Wildman–Crippen LogP) is 35.7. The van der Waals surface area contributed by atoms with Crippen molar-refractivity contribution in [2.75, 3.05) is 0 Å². The molecule has 10 heteroatoms. The van der Waals surface area contributed by atoms with Gasteiger partial charge in [-0.3, -0.25) is 0 Å². The SMILES string of the molecule is [2H]c1c(C)[n+](C)c(-c2cc(C3CCCC3)cc(C)c2C)c2ccc([N+]#[C-])cc12.[2H]c1c(C)[n+](C)c(-c2cc(C3CCCCC3)cc(C)c2C)c2ccc([N+]#[C-])cc12.[2H]c1c(C)[n+](C)c(-c2cc(C3CCCCC3)ccc2C)c2ccc([N+]#[C-])cc12.[2H]c1c([2H])[n+](C)c(-c2cc(C3CCCC3)cc(C3CCCC3)c2C)c2ccc([N+]#[C-])cc12.[2H]c1c([2H])[n+](C)c(-c2cc(C3CCCCC3)cc(C3CCCCC3)c2C)c2ccc([N+]#[C-])cc12. The highest BCUT2D eigenvalue weighted by molar-refractivity contribution is 6.01. The molecule has 0 bridgehead atoms. The Labute approximate surface area is 869 Å². The fourth-order valence-corrected chi connectivity index (χ4v) is 25.5. The van der Waals surface area contributed by atoms with E-state index in [-0.39, 0.29) is 24.4 Å². The second-order valence-corrected chi connectivity index (χ2v) is 43.3. The lowest BCUT2D eigenvalue weighted by Gasteiger charge is -2.28. The number of aromatic nitrogens is 5. The summed E-state index contributed by atoms with van der Waals surface area (Å²) in [6.07, 6.45) is 42.2. The van der Waals surface area contributed by atoms with E-state index in [2.05, 4.69) is 174 Å². The van der Waals surface area contributed by atoms with Gasteiger partial charge in [-0.1, -0.05) is 213 Å². The molecule has 0 radical (unpaired) electrons. The van der Waals surface area contributed by atoms with Gasteiger partial charge in [-0.25, -0.2) is 33.4 Å². The average molecular weight is 1910 g/mol. The first-order chi connectivity index (χ1) is 72.8. The zero-order valence-corrected chi connectivity index (χ0v) is 88.2. The largest absolute Gasteiger partial charge is 0.238 e. The third-order valence-corrected chi connectivity index (χ3v) is 34.4. The Kier molecular flexibility index (Phi) is 28.7. The van der Waals surface area contributed by atoms with Gasteiger partial charge in [0.2, 0.25) is 28.5 Å². The minimum atomic E-state index is 0.192. The zero-order valence-electron chi connectivity index (χ0n) is 95.2. The van der Waals surface area contributed by atoms with E-state index in [9.17, 15) is 0 Å². The molecule has 7 aliphatic rings. The van der Waals surface area contributed by atoms with Crippen LogP contribution in [0.4, 0.5) is 28.4 Å². The number of nitrogens with zero attached hydrogens (tertiary/aromatic N) is 10. The number of aryl methyl sites for hydroxylation is 3. The molecule has 144 heavy (non-hydrogen) atoms. The Bertz CT molecular complexity index is 8090. The number of pyridine rings is 5. The third kappa shape index (κ3) is 21.3. The van der Waals surface area contributed by atoms with Crippen molar-refractivity contribution in [2.24, 2.45) is 35.2 Å². The monoisotopic (exact) mass is 1910 g/mol. The van der Waals surface area contributed by atoms with Gasteiger partial charge >= 0.3 is 0 Å². The van der Waals surface area contributed by atoms with Crippen LogP contribution in [0.1, 0.15) is 351 Å². The van der Waals surface area contributed by atoms with Crippen LogP contribution < -0.4 is 22.8 Å². The van der Waals surface area contributed by atoms with E-state index >= 15 is 0 Å². The lowest BCUT2D eigenvalue weighted by atomic mass is 9.76. The second kappa shape index (κ2) is 44.9. The summed E-state index contributed by atoms with van der Waals surface area (Å²) in [6.45, 7) is 58.4. The Morgan fingerprint density at radius 1 is 0.236 bits per heavy atom. The molecule has 730 valence electrons. The minimum absolute atomic E-state index is 0.192. The van der Waals surface area contributed by atoms with Crippen molar-refractivity contribution < 1.29 is 32.4 Å². The van der Waals surface area contributed by atoms with Gasteiger partial charge in [-0.15, -0.1) is 0 Å². The molecule has 0 spiro atoms. The smallest absolute Gasteiger partial charge is 0.220 e. The highest BCUT2D eigenvalue weighted by Crippen LogP contribution is 2.50. The van der Waals surface area contributed by atoms with Crippen molar-refractivity contribution in [3.05, 3.63) is 352 Å². The Hall–Kier alpha value is -13.3. The molecule has 0 N–H and O–H groups in total. The third-order valence-electron chi connectivity index (χ3n) is 34.4. The van der Waals surface area contributed by atoms with E-state index in [0.29, 0.717) is 98.8 Å². The van der Waals surface area contributed by atoms with Gasteiger partial charge in [0.15, 0.2) is 57.9 Å². The van der Waals surface area contributed by atoms with E-state index in [0.717, 1.165) is 88.6 Å². The first-order valence-electron chi connectivity index (χ1n) is 57.5. The fraction of sp³-hybridized carbons (Fsp3) is 0.403. The van der Waals surface area contributed by atoms with E-state index < -0.39 is 0 Å². The van der Waals surface area contributed by atoms with Gasteiger partial charge in [0.25, 0.3) is 0 Å². The average Bonchev–Trinajstić information content (AvgIpc) is 1.29. The summed E-state index contributed by atoms with van der Waals surface area (Å²) < 4.78 is 70.6. The van der Waals surface area contributed by atoms with E-state index in [1.807, 2.05) is 123 Å². The summed E-state index contributed by atoms with van der Waals surface area (Å²) in [6, 6.07) is 56.7. The Balaban J connectivity index is 0.000000123. The molecule has 0 amide bonds. The number of fused-ring (bicyclic) bond motifs is 5. The molecule has 5 aromatic heterocycles.